The Bertz CT molecular complexity index is 855. The Hall–Kier alpha value is -2.58. The number of phenolic OH excluding ortho intramolecular Hbond substituents is 1. The van der Waals surface area contributed by atoms with Gasteiger partial charge in [0.25, 0.3) is 10.1 Å². The van der Waals surface area contributed by atoms with Crippen LogP contribution in [0.4, 0.5) is 5.69 Å². The zero-order chi connectivity index (χ0) is 17.4. The van der Waals surface area contributed by atoms with Gasteiger partial charge in [-0.1, -0.05) is 30.9 Å². The SMILES string of the molecule is C=CC(=O)NC1(C)C=Cc2cc(S(=O)(=O)O)c(N)c(O)c2C=C1. The number of nitrogen functional groups attached to an aromatic ring is 1. The van der Waals surface area contributed by atoms with Crippen LogP contribution in [0.3, 0.4) is 0 Å². The van der Waals surface area contributed by atoms with Gasteiger partial charge in [0.15, 0.2) is 0 Å². The molecule has 1 aromatic carbocycles. The van der Waals surface area contributed by atoms with Crippen molar-refractivity contribution in [2.45, 2.75) is 17.4 Å². The number of benzene rings is 1. The summed E-state index contributed by atoms with van der Waals surface area (Å²) in [5.74, 6) is -0.856. The Morgan fingerprint density at radius 2 is 2.00 bits per heavy atom. The summed E-state index contributed by atoms with van der Waals surface area (Å²) >= 11 is 0. The zero-order valence-corrected chi connectivity index (χ0v) is 13.1. The zero-order valence-electron chi connectivity index (χ0n) is 12.3. The van der Waals surface area contributed by atoms with Gasteiger partial charge in [-0.05, 0) is 24.6 Å². The van der Waals surface area contributed by atoms with E-state index in [2.05, 4.69) is 11.9 Å². The lowest BCUT2D eigenvalue weighted by Gasteiger charge is -2.22. The summed E-state index contributed by atoms with van der Waals surface area (Å²) in [4.78, 5) is 10.9. The second kappa shape index (κ2) is 5.56. The number of rotatable bonds is 3. The first-order valence-corrected chi connectivity index (χ1v) is 7.97. The number of fused-ring (bicyclic) bond motifs is 1. The maximum atomic E-state index is 11.5. The van der Waals surface area contributed by atoms with Gasteiger partial charge >= 0.3 is 0 Å². The van der Waals surface area contributed by atoms with Gasteiger partial charge in [-0.3, -0.25) is 9.35 Å². The second-order valence-electron chi connectivity index (χ2n) is 5.26. The van der Waals surface area contributed by atoms with Crippen LogP contribution in [0.2, 0.25) is 0 Å². The molecule has 23 heavy (non-hydrogen) atoms. The molecule has 0 fully saturated rings. The second-order valence-corrected chi connectivity index (χ2v) is 6.65. The molecule has 0 spiro atoms. The van der Waals surface area contributed by atoms with Crippen LogP contribution >= 0.6 is 0 Å². The van der Waals surface area contributed by atoms with Crippen molar-refractivity contribution in [3.63, 3.8) is 0 Å². The van der Waals surface area contributed by atoms with Crippen LogP contribution in [0.25, 0.3) is 12.2 Å². The van der Waals surface area contributed by atoms with Crippen molar-refractivity contribution in [3.05, 3.63) is 42.0 Å². The lowest BCUT2D eigenvalue weighted by atomic mass is 10.0. The molecule has 1 aliphatic rings. The maximum Gasteiger partial charge on any atom is 0.296 e. The van der Waals surface area contributed by atoms with Crippen molar-refractivity contribution >= 4 is 33.9 Å². The average Bonchev–Trinajstić information content (AvgIpc) is 2.61. The van der Waals surface area contributed by atoms with Gasteiger partial charge in [0, 0.05) is 5.56 Å². The van der Waals surface area contributed by atoms with E-state index in [1.54, 1.807) is 19.1 Å². The van der Waals surface area contributed by atoms with Crippen molar-refractivity contribution in [3.8, 4) is 5.75 Å². The molecule has 1 unspecified atom stereocenters. The monoisotopic (exact) mass is 336 g/mol. The van der Waals surface area contributed by atoms with E-state index in [0.717, 1.165) is 12.1 Å². The highest BCUT2D eigenvalue weighted by Crippen LogP contribution is 2.37. The van der Waals surface area contributed by atoms with Gasteiger partial charge in [-0.15, -0.1) is 0 Å². The van der Waals surface area contributed by atoms with Crippen molar-refractivity contribution in [1.29, 1.82) is 0 Å². The minimum atomic E-state index is -4.58. The number of carbonyl (C=O) groups excluding carboxylic acids is 1. The standard InChI is InChI=1S/C15H16N2O5S/c1-3-12(18)17-15(2)6-4-9-8-11(23(20,21)22)13(16)14(19)10(9)5-7-15/h3-8,19H,1,16H2,2H3,(H,17,18)(H,20,21,22). The van der Waals surface area contributed by atoms with Crippen LogP contribution in [0.15, 0.2) is 35.8 Å². The molecular weight excluding hydrogens is 320 g/mol. The molecule has 0 radical (unpaired) electrons. The largest absolute Gasteiger partial charge is 0.505 e. The molecule has 1 atom stereocenters. The fraction of sp³-hybridized carbons (Fsp3) is 0.133. The minimum Gasteiger partial charge on any atom is -0.505 e. The molecule has 1 aromatic rings. The van der Waals surface area contributed by atoms with Crippen molar-refractivity contribution in [2.24, 2.45) is 0 Å². The van der Waals surface area contributed by atoms with Crippen molar-refractivity contribution in [1.82, 2.24) is 5.32 Å². The Balaban J connectivity index is 2.60. The van der Waals surface area contributed by atoms with Crippen LogP contribution in [-0.2, 0) is 14.9 Å². The number of nitrogens with one attached hydrogen (secondary N) is 1. The van der Waals surface area contributed by atoms with Gasteiger partial charge in [0.05, 0.1) is 11.2 Å². The van der Waals surface area contributed by atoms with Crippen LogP contribution in [-0.4, -0.2) is 29.5 Å². The molecule has 2 rings (SSSR count). The molecule has 0 heterocycles. The highest BCUT2D eigenvalue weighted by Gasteiger charge is 2.25. The van der Waals surface area contributed by atoms with Crippen LogP contribution < -0.4 is 11.1 Å². The Labute approximate surface area is 133 Å². The number of anilines is 1. The normalized spacial score (nSPS) is 19.7. The van der Waals surface area contributed by atoms with Gasteiger partial charge < -0.3 is 16.2 Å². The smallest absolute Gasteiger partial charge is 0.296 e. The summed E-state index contributed by atoms with van der Waals surface area (Å²) in [5.41, 5.74) is 4.88. The molecular formula is C15H16N2O5S. The predicted molar refractivity (Wildman–Crippen MR) is 87.1 cm³/mol. The Morgan fingerprint density at radius 1 is 1.39 bits per heavy atom. The topological polar surface area (TPSA) is 130 Å². The summed E-state index contributed by atoms with van der Waals surface area (Å²) in [7, 11) is -4.58. The number of phenols is 1. The molecule has 122 valence electrons. The average molecular weight is 336 g/mol. The molecule has 7 nitrogen and oxygen atoms in total. The molecule has 1 aliphatic carbocycles. The number of hydrogen-bond donors (Lipinski definition) is 4. The summed E-state index contributed by atoms with van der Waals surface area (Å²) in [6.07, 6.45) is 7.38. The number of nitrogens with two attached hydrogens (primary N) is 1. The van der Waals surface area contributed by atoms with E-state index in [1.165, 1.54) is 12.2 Å². The number of aromatic hydroxyl groups is 1. The van der Waals surface area contributed by atoms with Crippen LogP contribution in [0.5, 0.6) is 5.75 Å². The Kier molecular flexibility index (Phi) is 4.06. The van der Waals surface area contributed by atoms with Gasteiger partial charge in [0.2, 0.25) is 5.91 Å². The number of amides is 1. The Morgan fingerprint density at radius 3 is 2.57 bits per heavy atom. The third-order valence-electron chi connectivity index (χ3n) is 3.43. The van der Waals surface area contributed by atoms with E-state index < -0.39 is 37.9 Å². The van der Waals surface area contributed by atoms with Gasteiger partial charge in [0.1, 0.15) is 10.6 Å². The molecule has 0 saturated carbocycles. The molecule has 8 heteroatoms. The maximum absolute atomic E-state index is 11.5. The highest BCUT2D eigenvalue weighted by molar-refractivity contribution is 7.86. The fourth-order valence-electron chi connectivity index (χ4n) is 2.20. The van der Waals surface area contributed by atoms with Crippen molar-refractivity contribution in [2.75, 3.05) is 5.73 Å². The van der Waals surface area contributed by atoms with E-state index >= 15 is 0 Å². The van der Waals surface area contributed by atoms with E-state index in [9.17, 15) is 22.9 Å². The number of hydrogen-bond acceptors (Lipinski definition) is 5. The lowest BCUT2D eigenvalue weighted by Crippen LogP contribution is -2.41. The molecule has 5 N–H and O–H groups in total. The van der Waals surface area contributed by atoms with Crippen molar-refractivity contribution < 1.29 is 22.9 Å². The van der Waals surface area contributed by atoms with E-state index in [1.807, 2.05) is 0 Å². The van der Waals surface area contributed by atoms with Crippen LogP contribution in [0.1, 0.15) is 18.1 Å². The summed E-state index contributed by atoms with van der Waals surface area (Å²) in [5, 5.41) is 12.8. The lowest BCUT2D eigenvalue weighted by molar-refractivity contribution is -0.117. The molecule has 0 aromatic heterocycles. The summed E-state index contributed by atoms with van der Waals surface area (Å²) < 4.78 is 31.9. The molecule has 0 bridgehead atoms. The first-order chi connectivity index (χ1) is 10.6. The number of carbonyl (C=O) groups is 1. The quantitative estimate of drug-likeness (QED) is 0.285. The summed E-state index contributed by atoms with van der Waals surface area (Å²) in [6, 6.07) is 1.15. The summed E-state index contributed by atoms with van der Waals surface area (Å²) in [6.45, 7) is 5.08. The van der Waals surface area contributed by atoms with E-state index in [-0.39, 0.29) is 5.56 Å². The van der Waals surface area contributed by atoms with Gasteiger partial charge in [-0.25, -0.2) is 0 Å². The molecule has 1 amide bonds. The van der Waals surface area contributed by atoms with E-state index in [4.69, 9.17) is 5.73 Å². The third kappa shape index (κ3) is 3.27. The van der Waals surface area contributed by atoms with Gasteiger partial charge in [-0.2, -0.15) is 8.42 Å². The predicted octanol–water partition coefficient (Wildman–Crippen LogP) is 1.32. The van der Waals surface area contributed by atoms with E-state index in [0.29, 0.717) is 5.56 Å². The first-order valence-electron chi connectivity index (χ1n) is 6.53. The fourth-order valence-corrected chi connectivity index (χ4v) is 2.85. The third-order valence-corrected chi connectivity index (χ3v) is 4.33. The molecule has 0 aliphatic heterocycles. The van der Waals surface area contributed by atoms with Crippen LogP contribution in [0, 0.1) is 0 Å². The molecule has 0 saturated heterocycles. The first kappa shape index (κ1) is 16.8. The minimum absolute atomic E-state index is 0.280. The highest BCUT2D eigenvalue weighted by atomic mass is 32.2.